The number of likely N-dealkylation sites (N-methyl/N-ethyl adjacent to an activating group) is 2. The Hall–Kier alpha value is -1.63. The molecular weight excluding hydrogens is 283 g/mol. The maximum absolute atomic E-state index is 13.6. The van der Waals surface area contributed by atoms with Gasteiger partial charge in [-0.25, -0.2) is 4.39 Å². The van der Waals surface area contributed by atoms with Crippen LogP contribution >= 0.6 is 0 Å². The fraction of sp³-hybridized carbons (Fsp3) is 0.571. The van der Waals surface area contributed by atoms with Crippen molar-refractivity contribution < 1.29 is 17.9 Å². The number of rotatable bonds is 7. The molecule has 0 radical (unpaired) electrons. The first-order valence-electron chi connectivity index (χ1n) is 6.71. The lowest BCUT2D eigenvalue weighted by atomic mass is 10.1. The highest BCUT2D eigenvalue weighted by Gasteiger charge is 2.20. The first-order chi connectivity index (χ1) is 9.76. The predicted molar refractivity (Wildman–Crippen MR) is 78.5 cm³/mol. The minimum atomic E-state index is -3.08. The van der Waals surface area contributed by atoms with Crippen LogP contribution in [0, 0.1) is 5.82 Å². The molecule has 7 heteroatoms. The zero-order valence-corrected chi connectivity index (χ0v) is 12.7. The van der Waals surface area contributed by atoms with Crippen LogP contribution in [0.25, 0.3) is 0 Å². The summed E-state index contributed by atoms with van der Waals surface area (Å²) in [5.41, 5.74) is 6.51. The summed E-state index contributed by atoms with van der Waals surface area (Å²) in [5, 5.41) is 0. The quantitative estimate of drug-likeness (QED) is 0.787. The lowest BCUT2D eigenvalue weighted by Crippen LogP contribution is -2.40. The van der Waals surface area contributed by atoms with Gasteiger partial charge in [0.25, 0.3) is 0 Å². The number of alkyl halides is 2. The number of nitrogens with two attached hydrogens (primary N) is 1. The molecule has 0 aliphatic carbocycles. The average Bonchev–Trinajstić information content (AvgIpc) is 2.34. The summed E-state index contributed by atoms with van der Waals surface area (Å²) in [5.74, 6) is -1.39. The maximum atomic E-state index is 13.6. The van der Waals surface area contributed by atoms with E-state index in [2.05, 4.69) is 4.74 Å². The van der Waals surface area contributed by atoms with Crippen molar-refractivity contribution >= 4 is 11.4 Å². The number of nitrogen functional groups attached to an aromatic ring is 1. The molecule has 0 fully saturated rings. The average molecular weight is 305 g/mol. The molecule has 1 rings (SSSR count). The molecule has 0 bridgehead atoms. The Labute approximate surface area is 123 Å². The third-order valence-electron chi connectivity index (χ3n) is 3.11. The van der Waals surface area contributed by atoms with Crippen molar-refractivity contribution in [3.8, 4) is 5.75 Å². The van der Waals surface area contributed by atoms with Crippen molar-refractivity contribution in [3.63, 3.8) is 0 Å². The van der Waals surface area contributed by atoms with Gasteiger partial charge in [0.1, 0.15) is 0 Å². The highest BCUT2D eigenvalue weighted by molar-refractivity contribution is 5.70. The van der Waals surface area contributed by atoms with Crippen LogP contribution in [0.4, 0.5) is 24.5 Å². The van der Waals surface area contributed by atoms with Crippen LogP contribution < -0.4 is 15.4 Å². The zero-order chi connectivity index (χ0) is 16.2. The first-order valence-corrected chi connectivity index (χ1v) is 6.71. The number of hydrogen-bond donors (Lipinski definition) is 1. The van der Waals surface area contributed by atoms with E-state index in [9.17, 15) is 13.2 Å². The van der Waals surface area contributed by atoms with Gasteiger partial charge in [0.15, 0.2) is 11.6 Å². The van der Waals surface area contributed by atoms with Crippen LogP contribution in [-0.4, -0.2) is 44.7 Å². The van der Waals surface area contributed by atoms with Crippen molar-refractivity contribution in [1.82, 2.24) is 4.90 Å². The van der Waals surface area contributed by atoms with E-state index < -0.39 is 18.2 Å². The van der Waals surface area contributed by atoms with Gasteiger partial charge >= 0.3 is 6.61 Å². The molecule has 0 aliphatic rings. The van der Waals surface area contributed by atoms with Crippen molar-refractivity contribution in [2.24, 2.45) is 0 Å². The Bertz CT molecular complexity index is 469. The molecule has 1 aromatic carbocycles. The van der Waals surface area contributed by atoms with Gasteiger partial charge in [0, 0.05) is 31.3 Å². The van der Waals surface area contributed by atoms with Gasteiger partial charge in [-0.2, -0.15) is 8.78 Å². The molecule has 1 atom stereocenters. The summed E-state index contributed by atoms with van der Waals surface area (Å²) < 4.78 is 42.4. The van der Waals surface area contributed by atoms with E-state index in [1.165, 1.54) is 6.07 Å². The number of nitrogens with zero attached hydrogens (tertiary/aromatic N) is 2. The van der Waals surface area contributed by atoms with E-state index in [0.717, 1.165) is 12.6 Å². The Kier molecular flexibility index (Phi) is 6.14. The molecule has 0 spiro atoms. The summed E-state index contributed by atoms with van der Waals surface area (Å²) in [6, 6.07) is 2.32. The van der Waals surface area contributed by atoms with Gasteiger partial charge in [-0.15, -0.1) is 0 Å². The largest absolute Gasteiger partial charge is 0.432 e. The number of ether oxygens (including phenoxy) is 1. The minimum Gasteiger partial charge on any atom is -0.432 e. The van der Waals surface area contributed by atoms with E-state index in [4.69, 9.17) is 5.73 Å². The maximum Gasteiger partial charge on any atom is 0.387 e. The molecule has 21 heavy (non-hydrogen) atoms. The zero-order valence-electron chi connectivity index (χ0n) is 12.7. The summed E-state index contributed by atoms with van der Waals surface area (Å²) in [7, 11) is 3.87. The van der Waals surface area contributed by atoms with Crippen molar-refractivity contribution in [2.75, 3.05) is 37.8 Å². The molecule has 0 aliphatic heterocycles. The predicted octanol–water partition coefficient (Wildman–Crippen LogP) is 2.79. The van der Waals surface area contributed by atoms with E-state index >= 15 is 0 Å². The summed E-state index contributed by atoms with van der Waals surface area (Å²) in [6.07, 6.45) is 0. The lowest BCUT2D eigenvalue weighted by Gasteiger charge is -2.33. The molecule has 0 saturated carbocycles. The van der Waals surface area contributed by atoms with Gasteiger partial charge in [-0.05, 0) is 27.9 Å². The van der Waals surface area contributed by atoms with Crippen LogP contribution in [0.15, 0.2) is 12.1 Å². The SMILES string of the molecule is CCN(c1cc(OC(F)F)c(F)cc1N)C(C)CN(C)C. The highest BCUT2D eigenvalue weighted by Crippen LogP contribution is 2.33. The van der Waals surface area contributed by atoms with Gasteiger partial charge in [-0.3, -0.25) is 0 Å². The Morgan fingerprint density at radius 3 is 2.38 bits per heavy atom. The van der Waals surface area contributed by atoms with Gasteiger partial charge in [0.2, 0.25) is 0 Å². The van der Waals surface area contributed by atoms with Crippen molar-refractivity contribution in [2.45, 2.75) is 26.5 Å². The van der Waals surface area contributed by atoms with Gasteiger partial charge in [-0.1, -0.05) is 0 Å². The summed E-state index contributed by atoms with van der Waals surface area (Å²) in [4.78, 5) is 3.93. The molecule has 120 valence electrons. The fourth-order valence-corrected chi connectivity index (χ4v) is 2.34. The molecule has 2 N–H and O–H groups in total. The molecule has 0 aromatic heterocycles. The van der Waals surface area contributed by atoms with Gasteiger partial charge < -0.3 is 20.3 Å². The molecule has 1 unspecified atom stereocenters. The highest BCUT2D eigenvalue weighted by atomic mass is 19.3. The fourth-order valence-electron chi connectivity index (χ4n) is 2.34. The van der Waals surface area contributed by atoms with E-state index in [1.54, 1.807) is 0 Å². The Balaban J connectivity index is 3.13. The summed E-state index contributed by atoms with van der Waals surface area (Å²) >= 11 is 0. The Morgan fingerprint density at radius 1 is 1.29 bits per heavy atom. The van der Waals surface area contributed by atoms with Crippen molar-refractivity contribution in [1.29, 1.82) is 0 Å². The Morgan fingerprint density at radius 2 is 1.90 bits per heavy atom. The second-order valence-electron chi connectivity index (χ2n) is 5.12. The lowest BCUT2D eigenvalue weighted by molar-refractivity contribution is -0.0521. The van der Waals surface area contributed by atoms with Crippen LogP contribution in [-0.2, 0) is 0 Å². The normalized spacial score (nSPS) is 12.8. The monoisotopic (exact) mass is 305 g/mol. The number of anilines is 2. The third kappa shape index (κ3) is 4.70. The second-order valence-corrected chi connectivity index (χ2v) is 5.12. The summed E-state index contributed by atoms with van der Waals surface area (Å²) in [6.45, 7) is 2.18. The molecule has 0 heterocycles. The van der Waals surface area contributed by atoms with Crippen LogP contribution in [0.1, 0.15) is 13.8 Å². The number of benzene rings is 1. The van der Waals surface area contributed by atoms with Crippen LogP contribution in [0.2, 0.25) is 0 Å². The second kappa shape index (κ2) is 7.40. The molecule has 4 nitrogen and oxygen atoms in total. The molecule has 0 saturated heterocycles. The van der Waals surface area contributed by atoms with Crippen LogP contribution in [0.5, 0.6) is 5.75 Å². The number of hydrogen-bond acceptors (Lipinski definition) is 4. The van der Waals surface area contributed by atoms with E-state index in [0.29, 0.717) is 12.2 Å². The van der Waals surface area contributed by atoms with Crippen molar-refractivity contribution in [3.05, 3.63) is 17.9 Å². The smallest absolute Gasteiger partial charge is 0.387 e. The molecular formula is C14H22F3N3O. The topological polar surface area (TPSA) is 41.7 Å². The minimum absolute atomic E-state index is 0.0807. The van der Waals surface area contributed by atoms with Crippen LogP contribution in [0.3, 0.4) is 0 Å². The molecule has 0 amide bonds. The first kappa shape index (κ1) is 17.4. The van der Waals surface area contributed by atoms with Gasteiger partial charge in [0.05, 0.1) is 11.4 Å². The van der Waals surface area contributed by atoms with E-state index in [1.807, 2.05) is 37.7 Å². The standard InChI is InChI=1S/C14H22F3N3O/c1-5-20(9(2)8-19(3)4)12-7-13(21-14(16)17)10(15)6-11(12)18/h6-7,9,14H,5,8,18H2,1-4H3. The third-order valence-corrected chi connectivity index (χ3v) is 3.11. The van der Waals surface area contributed by atoms with E-state index in [-0.39, 0.29) is 11.7 Å². The number of halogens is 3. The molecule has 1 aromatic rings.